The Labute approximate surface area is 711 Å². The van der Waals surface area contributed by atoms with Gasteiger partial charge in [-0.25, -0.2) is 31.9 Å². The standard InChI is InChI=1S/C82H107ClN18O19S2/c1-49(2)37-62(72(105)92-61(15-9-31-89-82(85)86)80(113)101-32-10-16-69(101)79(112)90-50(3)71(84)104)93-74(107)65(41-53-21-27-58(28-22-53)81(114)115)96-76(109)67(40-52-17-19-55(20-18-52)44-99-33-35-120-36-34-99)97-78(111)68(46-102)98-77(110)64(39-51-11-5-4-6-12-51)95-75(108)66(42-54-24-29-60(83)30-25-54)94-73(106)63(43-56-23-26-57-13-7-8-14-59(57)38-56)91-70(103)45-100(47-121(87,116)117)48-122(88,118)119/h4-8,11-14,17-30,38,49-50,61-69,102H,9-10,15-16,31-37,39-48H2,1-3H3,(H2,84,104)(H,90,112)(H,91,103)(H,92,105)(H,93,107)(H,94,106)(H,95,108)(H,96,109)(H,97,111)(H,98,110)(H,114,115)(H4,85,86,89)(H2,87,116,117)(H2,88,118,119)/t50-,61+,62+,63-,64-,65-,66-,67+,68+,69+/m1/s1. The van der Waals surface area contributed by atoms with Crippen molar-refractivity contribution in [1.29, 1.82) is 5.41 Å². The Morgan fingerprint density at radius 1 is 0.533 bits per heavy atom. The number of aromatic carboxylic acids is 1. The summed E-state index contributed by atoms with van der Waals surface area (Å²) in [6.07, 6.45) is -0.993. The molecule has 6 aromatic rings. The lowest BCUT2D eigenvalue weighted by Crippen LogP contribution is -2.62. The zero-order valence-corrected chi connectivity index (χ0v) is 70.1. The number of sulfonamides is 2. The van der Waals surface area contributed by atoms with Crippen LogP contribution >= 0.6 is 11.6 Å². The van der Waals surface area contributed by atoms with Gasteiger partial charge in [-0.3, -0.25) is 67.9 Å². The lowest BCUT2D eigenvalue weighted by Gasteiger charge is -2.31. The second-order valence-corrected chi connectivity index (χ2v) is 34.2. The van der Waals surface area contributed by atoms with Gasteiger partial charge in [-0.15, -0.1) is 0 Å². The summed E-state index contributed by atoms with van der Waals surface area (Å²) in [5, 5.41) is 67.6. The third kappa shape index (κ3) is 31.5. The van der Waals surface area contributed by atoms with E-state index in [0.717, 1.165) is 16.3 Å². The number of nitrogens with one attached hydrogen (secondary N) is 11. The highest BCUT2D eigenvalue weighted by Crippen LogP contribution is 2.23. The van der Waals surface area contributed by atoms with Crippen LogP contribution in [0.3, 0.4) is 0 Å². The summed E-state index contributed by atoms with van der Waals surface area (Å²) in [5.74, 6) is -14.6. The highest BCUT2D eigenvalue weighted by molar-refractivity contribution is 7.89. The second kappa shape index (κ2) is 45.9. The minimum absolute atomic E-state index is 0.0663. The average Bonchev–Trinajstić information content (AvgIpc) is 1.60. The van der Waals surface area contributed by atoms with Gasteiger partial charge in [0.15, 0.2) is 5.96 Å². The Morgan fingerprint density at radius 3 is 1.47 bits per heavy atom. The monoisotopic (exact) mass is 1750 g/mol. The van der Waals surface area contributed by atoms with Gasteiger partial charge < -0.3 is 84.5 Å². The fourth-order valence-electron chi connectivity index (χ4n) is 14.0. The van der Waals surface area contributed by atoms with Crippen molar-refractivity contribution < 1.29 is 89.3 Å². The van der Waals surface area contributed by atoms with Gasteiger partial charge in [-0.2, -0.15) is 0 Å². The summed E-state index contributed by atoms with van der Waals surface area (Å²) in [4.78, 5) is 176. The number of aliphatic hydroxyl groups excluding tert-OH is 1. The summed E-state index contributed by atoms with van der Waals surface area (Å²) < 4.78 is 54.5. The molecule has 2 fully saturated rings. The van der Waals surface area contributed by atoms with E-state index in [1.165, 1.54) is 48.2 Å². The van der Waals surface area contributed by atoms with Crippen LogP contribution in [0.4, 0.5) is 0 Å². The summed E-state index contributed by atoms with van der Waals surface area (Å²) in [6.45, 7) is 5.87. The van der Waals surface area contributed by atoms with Gasteiger partial charge in [-0.1, -0.05) is 147 Å². The van der Waals surface area contributed by atoms with Gasteiger partial charge in [0.05, 0.1) is 31.9 Å². The Balaban J connectivity index is 1.10. The summed E-state index contributed by atoms with van der Waals surface area (Å²) in [5.41, 5.74) is 13.8. The number of rotatable bonds is 45. The first-order valence-electron chi connectivity index (χ1n) is 39.6. The van der Waals surface area contributed by atoms with Gasteiger partial charge in [0.1, 0.15) is 72.2 Å². The van der Waals surface area contributed by atoms with Gasteiger partial charge in [0.25, 0.3) is 0 Å². The molecule has 6 aromatic carbocycles. The van der Waals surface area contributed by atoms with Gasteiger partial charge in [-0.05, 0) is 113 Å². The van der Waals surface area contributed by atoms with Crippen molar-refractivity contribution in [2.45, 2.75) is 152 Å². The van der Waals surface area contributed by atoms with Crippen molar-refractivity contribution in [3.8, 4) is 0 Å². The molecule has 0 aromatic heterocycles. The molecule has 2 aliphatic heterocycles. The number of ether oxygens (including phenoxy) is 1. The molecular weight excluding hydrogens is 1640 g/mol. The first-order valence-corrected chi connectivity index (χ1v) is 43.4. The minimum atomic E-state index is -4.46. The van der Waals surface area contributed by atoms with E-state index in [9.17, 15) is 55.8 Å². The molecule has 11 amide bonds. The Hall–Kier alpha value is -11.6. The maximum Gasteiger partial charge on any atom is 0.335 e. The lowest BCUT2D eigenvalue weighted by atomic mass is 9.99. The van der Waals surface area contributed by atoms with E-state index in [2.05, 4.69) is 58.1 Å². The number of morpholine rings is 1. The number of hydrogen-bond acceptors (Lipinski definition) is 21. The number of guanidine groups is 1. The Kier molecular flexibility index (Phi) is 36.1. The van der Waals surface area contributed by atoms with Crippen molar-refractivity contribution in [2.75, 3.05) is 64.3 Å². The molecule has 0 saturated carbocycles. The maximum atomic E-state index is 15.5. The minimum Gasteiger partial charge on any atom is -0.478 e. The molecular formula is C82H107ClN18O19S2. The quantitative estimate of drug-likeness (QED) is 0.0117. The number of benzene rings is 6. The molecule has 40 heteroatoms. The molecule has 10 atom stereocenters. The number of carbonyl (C=O) groups excluding carboxylic acids is 11. The number of nitrogens with two attached hydrogens (primary N) is 4. The molecule has 0 spiro atoms. The van der Waals surface area contributed by atoms with E-state index in [1.807, 2.05) is 24.3 Å². The van der Waals surface area contributed by atoms with Crippen molar-refractivity contribution in [1.82, 2.24) is 67.9 Å². The highest BCUT2D eigenvalue weighted by atomic mass is 35.5. The summed E-state index contributed by atoms with van der Waals surface area (Å²) in [6, 6.07) is 24.1. The van der Waals surface area contributed by atoms with Gasteiger partial charge >= 0.3 is 5.97 Å². The molecule has 2 heterocycles. The SMILES string of the molecule is CC(C)C[C@H](NC(=O)[C@@H](Cc1ccc(C(=O)O)cc1)NC(=O)[C@H](Cc1ccc(CN2CCOCC2)cc1)NC(=O)[C@H](CO)NC(=O)[C@@H](Cc1ccccc1)NC(=O)[C@@H](Cc1ccc(Cl)cc1)NC(=O)[C@@H](Cc1ccc2ccccc2c1)NC(=O)CN(CS(N)(=O)=O)CS(N)(=O)=O)C(=O)N[C@@H](CCCNC(=N)N)C(=O)N1CCC[C@H]1C(=O)N[C@H](C)C(N)=O. The molecule has 8 rings (SSSR count). The van der Waals surface area contributed by atoms with E-state index in [4.69, 9.17) is 43.5 Å². The molecule has 0 radical (unpaired) electrons. The van der Waals surface area contributed by atoms with Crippen LogP contribution in [0.1, 0.15) is 96.6 Å². The van der Waals surface area contributed by atoms with Crippen molar-refractivity contribution in [3.63, 3.8) is 0 Å². The van der Waals surface area contributed by atoms with Crippen molar-refractivity contribution >= 4 is 119 Å². The molecule has 0 unspecified atom stereocenters. The van der Waals surface area contributed by atoms with Crippen LogP contribution < -0.4 is 74.9 Å². The van der Waals surface area contributed by atoms with Crippen LogP contribution in [0.15, 0.2) is 146 Å². The number of amides is 11. The van der Waals surface area contributed by atoms with Crippen LogP contribution in [0.25, 0.3) is 10.8 Å². The molecule has 2 aliphatic rings. The van der Waals surface area contributed by atoms with Crippen LogP contribution in [0, 0.1) is 11.3 Å². The largest absolute Gasteiger partial charge is 0.478 e. The first kappa shape index (κ1) is 95.9. The number of carboxylic acids is 1. The van der Waals surface area contributed by atoms with E-state index >= 15 is 28.8 Å². The topological polar surface area (TPSA) is 581 Å². The number of halogens is 1. The Bertz CT molecular complexity index is 4890. The van der Waals surface area contributed by atoms with Crippen molar-refractivity contribution in [3.05, 3.63) is 190 Å². The second-order valence-electron chi connectivity index (χ2n) is 30.6. The Morgan fingerprint density at radius 2 is 0.967 bits per heavy atom. The van der Waals surface area contributed by atoms with E-state index < -0.39 is 176 Å². The third-order valence-electron chi connectivity index (χ3n) is 20.2. The van der Waals surface area contributed by atoms with E-state index in [1.54, 1.807) is 98.8 Å². The zero-order valence-electron chi connectivity index (χ0n) is 67.7. The predicted molar refractivity (Wildman–Crippen MR) is 452 cm³/mol. The number of nitrogens with zero attached hydrogens (tertiary/aromatic N) is 3. The fourth-order valence-corrected chi connectivity index (χ4v) is 15.6. The van der Waals surface area contributed by atoms with Crippen LogP contribution in [-0.2, 0) is 116 Å². The lowest BCUT2D eigenvalue weighted by molar-refractivity contribution is -0.142. The first-order chi connectivity index (χ1) is 57.8. The number of fused-ring (bicyclic) bond motifs is 1. The zero-order chi connectivity index (χ0) is 89.0. The molecule has 21 N–H and O–H groups in total. The highest BCUT2D eigenvalue weighted by Gasteiger charge is 2.41. The van der Waals surface area contributed by atoms with Crippen molar-refractivity contribution in [2.24, 2.45) is 27.7 Å². The number of primary sulfonamides is 2. The van der Waals surface area contributed by atoms with E-state index in [0.29, 0.717) is 77.0 Å². The van der Waals surface area contributed by atoms with Crippen LogP contribution in [-0.4, -0.2) is 243 Å². The van der Waals surface area contributed by atoms with Gasteiger partial charge in [0, 0.05) is 69.9 Å². The number of carbonyl (C=O) groups is 12. The van der Waals surface area contributed by atoms with Crippen LogP contribution in [0.2, 0.25) is 5.02 Å². The molecule has 37 nitrogen and oxygen atoms in total. The number of hydrogen-bond donors (Lipinski definition) is 17. The summed E-state index contributed by atoms with van der Waals surface area (Å²) >= 11 is 6.29. The molecule has 122 heavy (non-hydrogen) atoms. The molecule has 0 bridgehead atoms. The number of likely N-dealkylation sites (tertiary alicyclic amines) is 1. The fraction of sp³-hybridized carbons (Fsp3) is 0.427. The molecule has 0 aliphatic carbocycles. The van der Waals surface area contributed by atoms with Gasteiger partial charge in [0.2, 0.25) is 85.0 Å². The number of primary amides is 1. The number of carboxylic acid groups (broad SMARTS) is 1. The summed E-state index contributed by atoms with van der Waals surface area (Å²) in [7, 11) is -8.93. The van der Waals surface area contributed by atoms with E-state index in [-0.39, 0.29) is 88.3 Å². The van der Waals surface area contributed by atoms with Crippen LogP contribution in [0.5, 0.6) is 0 Å². The average molecular weight is 1750 g/mol. The normalized spacial score (nSPS) is 15.9. The third-order valence-corrected chi connectivity index (χ3v) is 21.9. The smallest absolute Gasteiger partial charge is 0.335 e. The number of aliphatic hydroxyl groups is 1. The maximum absolute atomic E-state index is 15.5. The predicted octanol–water partition coefficient (Wildman–Crippen LogP) is -1.51. The molecule has 2 saturated heterocycles. The molecule has 658 valence electrons.